The van der Waals surface area contributed by atoms with Gasteiger partial charge in [0.1, 0.15) is 0 Å². The summed E-state index contributed by atoms with van der Waals surface area (Å²) in [6.45, 7) is 2.69. The van der Waals surface area contributed by atoms with E-state index in [-0.39, 0.29) is 10.6 Å². The smallest absolute Gasteiger partial charge is 0.269 e. The van der Waals surface area contributed by atoms with Crippen LogP contribution in [-0.4, -0.2) is 12.0 Å². The number of rotatable bonds is 4. The first kappa shape index (κ1) is 13.1. The van der Waals surface area contributed by atoms with Crippen molar-refractivity contribution in [2.75, 3.05) is 11.9 Å². The summed E-state index contributed by atoms with van der Waals surface area (Å²) in [5, 5.41) is 10.7. The zero-order chi connectivity index (χ0) is 13.8. The van der Waals surface area contributed by atoms with Gasteiger partial charge in [0.15, 0.2) is 0 Å². The van der Waals surface area contributed by atoms with Crippen molar-refractivity contribution in [3.05, 3.63) is 69.8 Å². The van der Waals surface area contributed by atoms with Gasteiger partial charge >= 0.3 is 0 Å². The number of hydrogen-bond acceptors (Lipinski definition) is 3. The van der Waals surface area contributed by atoms with E-state index < -0.39 is 0 Å². The van der Waals surface area contributed by atoms with Crippen molar-refractivity contribution >= 4 is 11.4 Å². The topological polar surface area (TPSA) is 46.4 Å². The molecular weight excluding hydrogens is 240 g/mol. The van der Waals surface area contributed by atoms with Crippen LogP contribution in [0.4, 0.5) is 11.4 Å². The average Bonchev–Trinajstić information content (AvgIpc) is 2.39. The van der Waals surface area contributed by atoms with Gasteiger partial charge in [-0.25, -0.2) is 0 Å². The SMILES string of the molecule is Cc1ccc(N(C)Cc2cccc([N+](=O)[O-])c2)cc1. The van der Waals surface area contributed by atoms with Crippen LogP contribution in [-0.2, 0) is 6.54 Å². The maximum atomic E-state index is 10.7. The minimum Gasteiger partial charge on any atom is -0.370 e. The van der Waals surface area contributed by atoms with Gasteiger partial charge in [-0.05, 0) is 24.6 Å². The van der Waals surface area contributed by atoms with Gasteiger partial charge in [0.05, 0.1) is 4.92 Å². The third kappa shape index (κ3) is 3.31. The quantitative estimate of drug-likeness (QED) is 0.621. The molecule has 0 aliphatic carbocycles. The Morgan fingerprint density at radius 1 is 1.16 bits per heavy atom. The highest BCUT2D eigenvalue weighted by atomic mass is 16.6. The van der Waals surface area contributed by atoms with Crippen LogP contribution >= 0.6 is 0 Å². The third-order valence-electron chi connectivity index (χ3n) is 3.02. The Morgan fingerprint density at radius 3 is 2.47 bits per heavy atom. The van der Waals surface area contributed by atoms with Crippen molar-refractivity contribution in [2.45, 2.75) is 13.5 Å². The molecule has 0 heterocycles. The zero-order valence-corrected chi connectivity index (χ0v) is 11.0. The van der Waals surface area contributed by atoms with Crippen molar-refractivity contribution in [2.24, 2.45) is 0 Å². The summed E-state index contributed by atoms with van der Waals surface area (Å²) in [6, 6.07) is 15.0. The van der Waals surface area contributed by atoms with Crippen LogP contribution < -0.4 is 4.90 Å². The lowest BCUT2D eigenvalue weighted by Gasteiger charge is -2.19. The lowest BCUT2D eigenvalue weighted by Crippen LogP contribution is -2.16. The number of non-ortho nitro benzene ring substituents is 1. The Morgan fingerprint density at radius 2 is 1.84 bits per heavy atom. The first-order valence-electron chi connectivity index (χ1n) is 6.07. The van der Waals surface area contributed by atoms with Gasteiger partial charge in [0.2, 0.25) is 0 Å². The summed E-state index contributed by atoms with van der Waals surface area (Å²) in [5.74, 6) is 0. The van der Waals surface area contributed by atoms with E-state index in [9.17, 15) is 10.1 Å². The molecular formula is C15H16N2O2. The Balaban J connectivity index is 2.14. The first-order valence-corrected chi connectivity index (χ1v) is 6.07. The molecule has 0 amide bonds. The molecule has 0 aromatic heterocycles. The molecule has 0 aliphatic heterocycles. The van der Waals surface area contributed by atoms with E-state index in [0.717, 1.165) is 11.3 Å². The van der Waals surface area contributed by atoms with E-state index in [2.05, 4.69) is 17.0 Å². The maximum absolute atomic E-state index is 10.7. The summed E-state index contributed by atoms with van der Waals surface area (Å²) in [4.78, 5) is 12.4. The molecule has 98 valence electrons. The highest BCUT2D eigenvalue weighted by molar-refractivity contribution is 5.48. The molecule has 19 heavy (non-hydrogen) atoms. The molecule has 0 N–H and O–H groups in total. The van der Waals surface area contributed by atoms with Crippen molar-refractivity contribution in [1.29, 1.82) is 0 Å². The molecule has 0 bridgehead atoms. The molecule has 2 rings (SSSR count). The van der Waals surface area contributed by atoms with E-state index in [1.54, 1.807) is 12.1 Å². The number of aryl methyl sites for hydroxylation is 1. The second-order valence-corrected chi connectivity index (χ2v) is 4.62. The van der Waals surface area contributed by atoms with Gasteiger partial charge in [0, 0.05) is 31.4 Å². The molecule has 0 unspecified atom stereocenters. The molecule has 4 heteroatoms. The molecule has 0 fully saturated rings. The van der Waals surface area contributed by atoms with Gasteiger partial charge in [-0.2, -0.15) is 0 Å². The molecule has 0 saturated heterocycles. The van der Waals surface area contributed by atoms with Gasteiger partial charge < -0.3 is 4.90 Å². The fourth-order valence-electron chi connectivity index (χ4n) is 1.93. The number of nitrogens with zero attached hydrogens (tertiary/aromatic N) is 2. The van der Waals surface area contributed by atoms with E-state index in [4.69, 9.17) is 0 Å². The lowest BCUT2D eigenvalue weighted by molar-refractivity contribution is -0.384. The fourth-order valence-corrected chi connectivity index (χ4v) is 1.93. The van der Waals surface area contributed by atoms with E-state index in [1.165, 1.54) is 11.6 Å². The number of hydrogen-bond donors (Lipinski definition) is 0. The molecule has 0 aliphatic rings. The normalized spacial score (nSPS) is 10.2. The second-order valence-electron chi connectivity index (χ2n) is 4.62. The Hall–Kier alpha value is -2.36. The van der Waals surface area contributed by atoms with E-state index in [1.807, 2.05) is 32.2 Å². The lowest BCUT2D eigenvalue weighted by atomic mass is 10.1. The summed E-state index contributed by atoms with van der Waals surface area (Å²) in [6.07, 6.45) is 0. The predicted molar refractivity (Wildman–Crippen MR) is 76.4 cm³/mol. The molecule has 0 atom stereocenters. The van der Waals surface area contributed by atoms with Gasteiger partial charge in [-0.15, -0.1) is 0 Å². The molecule has 0 radical (unpaired) electrons. The number of nitro groups is 1. The zero-order valence-electron chi connectivity index (χ0n) is 11.0. The van der Waals surface area contributed by atoms with Gasteiger partial charge in [-0.3, -0.25) is 10.1 Å². The fraction of sp³-hybridized carbons (Fsp3) is 0.200. The highest BCUT2D eigenvalue weighted by Gasteiger charge is 2.07. The van der Waals surface area contributed by atoms with E-state index in [0.29, 0.717) is 6.54 Å². The van der Waals surface area contributed by atoms with Crippen molar-refractivity contribution < 1.29 is 4.92 Å². The van der Waals surface area contributed by atoms with E-state index >= 15 is 0 Å². The van der Waals surface area contributed by atoms with Crippen LogP contribution in [0.15, 0.2) is 48.5 Å². The van der Waals surface area contributed by atoms with Crippen molar-refractivity contribution in [3.63, 3.8) is 0 Å². The van der Waals surface area contributed by atoms with Crippen LogP contribution in [0.25, 0.3) is 0 Å². The Bertz CT molecular complexity index is 579. The molecule has 0 saturated carbocycles. The summed E-state index contributed by atoms with van der Waals surface area (Å²) in [7, 11) is 1.98. The predicted octanol–water partition coefficient (Wildman–Crippen LogP) is 3.54. The molecule has 2 aromatic rings. The number of nitro benzene ring substituents is 1. The summed E-state index contributed by atoms with van der Waals surface area (Å²) < 4.78 is 0. The average molecular weight is 256 g/mol. The van der Waals surface area contributed by atoms with Crippen molar-refractivity contribution in [3.8, 4) is 0 Å². The van der Waals surface area contributed by atoms with Gasteiger partial charge in [0.25, 0.3) is 5.69 Å². The number of benzene rings is 2. The molecule has 0 spiro atoms. The third-order valence-corrected chi connectivity index (χ3v) is 3.02. The summed E-state index contributed by atoms with van der Waals surface area (Å²) >= 11 is 0. The second kappa shape index (κ2) is 5.52. The van der Waals surface area contributed by atoms with Crippen molar-refractivity contribution in [1.82, 2.24) is 0 Å². The standard InChI is InChI=1S/C15H16N2O2/c1-12-6-8-14(9-7-12)16(2)11-13-4-3-5-15(10-13)17(18)19/h3-10H,11H2,1-2H3. The number of anilines is 1. The minimum absolute atomic E-state index is 0.134. The van der Waals surface area contributed by atoms with Crippen LogP contribution in [0.3, 0.4) is 0 Å². The first-order chi connectivity index (χ1) is 9.06. The largest absolute Gasteiger partial charge is 0.370 e. The monoisotopic (exact) mass is 256 g/mol. The minimum atomic E-state index is -0.366. The molecule has 4 nitrogen and oxygen atoms in total. The summed E-state index contributed by atoms with van der Waals surface area (Å²) in [5.41, 5.74) is 3.37. The van der Waals surface area contributed by atoms with Gasteiger partial charge in [-0.1, -0.05) is 29.8 Å². The highest BCUT2D eigenvalue weighted by Crippen LogP contribution is 2.18. The maximum Gasteiger partial charge on any atom is 0.269 e. The van der Waals surface area contributed by atoms with Crippen LogP contribution in [0, 0.1) is 17.0 Å². The molecule has 2 aromatic carbocycles. The van der Waals surface area contributed by atoms with Crippen LogP contribution in [0.1, 0.15) is 11.1 Å². The van der Waals surface area contributed by atoms with Crippen LogP contribution in [0.5, 0.6) is 0 Å². The Kier molecular flexibility index (Phi) is 3.80. The van der Waals surface area contributed by atoms with Crippen LogP contribution in [0.2, 0.25) is 0 Å². The Labute approximate surface area is 112 Å².